The number of halogens is 1. The molecule has 24 heavy (non-hydrogen) atoms. The maximum absolute atomic E-state index is 13.3. The number of aromatic nitrogens is 2. The molecule has 4 heteroatoms. The molecule has 0 aliphatic carbocycles. The van der Waals surface area contributed by atoms with Gasteiger partial charge in [0.05, 0.1) is 5.69 Å². The molecule has 0 bridgehead atoms. The predicted octanol–water partition coefficient (Wildman–Crippen LogP) is 4.28. The minimum atomic E-state index is -0.208. The number of pyridine rings is 1. The lowest BCUT2D eigenvalue weighted by Crippen LogP contribution is -2.31. The van der Waals surface area contributed by atoms with Crippen molar-refractivity contribution >= 4 is 0 Å². The van der Waals surface area contributed by atoms with Gasteiger partial charge in [-0.2, -0.15) is 0 Å². The van der Waals surface area contributed by atoms with E-state index in [-0.39, 0.29) is 5.82 Å². The summed E-state index contributed by atoms with van der Waals surface area (Å²) in [5.41, 5.74) is 4.48. The smallest absolute Gasteiger partial charge is 0.123 e. The summed E-state index contributed by atoms with van der Waals surface area (Å²) in [7, 11) is 0. The number of rotatable bonds is 3. The Labute approximate surface area is 141 Å². The molecule has 0 spiro atoms. The van der Waals surface area contributed by atoms with E-state index in [4.69, 9.17) is 0 Å². The van der Waals surface area contributed by atoms with Crippen molar-refractivity contribution in [2.24, 2.45) is 0 Å². The Kier molecular flexibility index (Phi) is 4.13. The molecule has 0 amide bonds. The van der Waals surface area contributed by atoms with Crippen molar-refractivity contribution in [1.29, 1.82) is 0 Å². The monoisotopic (exact) mass is 321 g/mol. The fraction of sp³-hybridized carbons (Fsp3) is 0.250. The molecule has 1 saturated heterocycles. The van der Waals surface area contributed by atoms with Crippen LogP contribution in [0, 0.1) is 5.82 Å². The van der Waals surface area contributed by atoms with E-state index >= 15 is 0 Å². The Balaban J connectivity index is 1.84. The van der Waals surface area contributed by atoms with Crippen LogP contribution in [0.15, 0.2) is 61.1 Å². The van der Waals surface area contributed by atoms with Crippen molar-refractivity contribution in [2.75, 3.05) is 13.1 Å². The molecular weight excluding hydrogens is 301 g/mol. The average Bonchev–Trinajstić information content (AvgIpc) is 3.09. The van der Waals surface area contributed by atoms with Gasteiger partial charge in [-0.25, -0.2) is 4.39 Å². The molecule has 3 nitrogen and oxygen atoms in total. The minimum Gasteiger partial charge on any atom is -0.343 e. The first-order chi connectivity index (χ1) is 11.8. The summed E-state index contributed by atoms with van der Waals surface area (Å²) in [6, 6.07) is 13.4. The first kappa shape index (κ1) is 15.1. The number of nitrogens with one attached hydrogen (secondary N) is 1. The van der Waals surface area contributed by atoms with E-state index in [0.717, 1.165) is 29.8 Å². The van der Waals surface area contributed by atoms with E-state index in [2.05, 4.69) is 27.1 Å². The van der Waals surface area contributed by atoms with Crippen LogP contribution in [0.4, 0.5) is 4.39 Å². The van der Waals surface area contributed by atoms with Crippen LogP contribution >= 0.6 is 0 Å². The molecule has 1 aliphatic heterocycles. The SMILES string of the molecule is Fc1ccc(-c2ccn(C3CCCNC3)c2-c2ccncc2)cc1. The van der Waals surface area contributed by atoms with Crippen molar-refractivity contribution in [2.45, 2.75) is 18.9 Å². The molecule has 1 fully saturated rings. The van der Waals surface area contributed by atoms with E-state index in [1.54, 1.807) is 0 Å². The van der Waals surface area contributed by atoms with Gasteiger partial charge in [0.15, 0.2) is 0 Å². The van der Waals surface area contributed by atoms with Gasteiger partial charge in [-0.3, -0.25) is 4.98 Å². The second-order valence-corrected chi connectivity index (χ2v) is 6.23. The Morgan fingerprint density at radius 2 is 1.79 bits per heavy atom. The third kappa shape index (κ3) is 2.85. The molecule has 1 N–H and O–H groups in total. The van der Waals surface area contributed by atoms with Crippen LogP contribution in [0.2, 0.25) is 0 Å². The highest BCUT2D eigenvalue weighted by Gasteiger charge is 2.21. The Morgan fingerprint density at radius 3 is 2.50 bits per heavy atom. The van der Waals surface area contributed by atoms with Crippen LogP contribution < -0.4 is 5.32 Å². The number of nitrogens with zero attached hydrogens (tertiary/aromatic N) is 2. The van der Waals surface area contributed by atoms with E-state index in [0.29, 0.717) is 6.04 Å². The van der Waals surface area contributed by atoms with Crippen LogP contribution in [0.1, 0.15) is 18.9 Å². The highest BCUT2D eigenvalue weighted by molar-refractivity contribution is 5.81. The average molecular weight is 321 g/mol. The van der Waals surface area contributed by atoms with Crippen molar-refractivity contribution in [3.8, 4) is 22.4 Å². The Morgan fingerprint density at radius 1 is 1.00 bits per heavy atom. The predicted molar refractivity (Wildman–Crippen MR) is 94.2 cm³/mol. The molecule has 122 valence electrons. The molecule has 3 heterocycles. The van der Waals surface area contributed by atoms with Crippen molar-refractivity contribution in [3.63, 3.8) is 0 Å². The van der Waals surface area contributed by atoms with Crippen molar-refractivity contribution < 1.29 is 4.39 Å². The molecule has 2 aromatic heterocycles. The van der Waals surface area contributed by atoms with E-state index in [1.807, 2.05) is 36.7 Å². The normalized spacial score (nSPS) is 17.8. The zero-order valence-corrected chi connectivity index (χ0v) is 13.5. The lowest BCUT2D eigenvalue weighted by Gasteiger charge is -2.27. The molecule has 1 aliphatic rings. The molecular formula is C20H20FN3. The molecule has 0 radical (unpaired) electrons. The molecule has 1 unspecified atom stereocenters. The lowest BCUT2D eigenvalue weighted by atomic mass is 10.0. The fourth-order valence-corrected chi connectivity index (χ4v) is 3.50. The molecule has 3 aromatic rings. The van der Waals surface area contributed by atoms with Gasteiger partial charge in [0.1, 0.15) is 5.82 Å². The second kappa shape index (κ2) is 6.57. The molecule has 4 rings (SSSR count). The van der Waals surface area contributed by atoms with Gasteiger partial charge in [0.2, 0.25) is 0 Å². The van der Waals surface area contributed by atoms with E-state index < -0.39 is 0 Å². The fourth-order valence-electron chi connectivity index (χ4n) is 3.50. The van der Waals surface area contributed by atoms with Crippen LogP contribution in [-0.4, -0.2) is 22.6 Å². The summed E-state index contributed by atoms with van der Waals surface area (Å²) < 4.78 is 15.7. The maximum atomic E-state index is 13.3. The quantitative estimate of drug-likeness (QED) is 0.780. The third-order valence-corrected chi connectivity index (χ3v) is 4.69. The second-order valence-electron chi connectivity index (χ2n) is 6.23. The first-order valence-corrected chi connectivity index (χ1v) is 8.41. The highest BCUT2D eigenvalue weighted by Crippen LogP contribution is 2.36. The number of benzene rings is 1. The summed E-state index contributed by atoms with van der Waals surface area (Å²) in [5.74, 6) is -0.208. The van der Waals surface area contributed by atoms with Gasteiger partial charge in [0.25, 0.3) is 0 Å². The zero-order chi connectivity index (χ0) is 16.4. The van der Waals surface area contributed by atoms with E-state index in [1.165, 1.54) is 30.7 Å². The third-order valence-electron chi connectivity index (χ3n) is 4.69. The lowest BCUT2D eigenvalue weighted by molar-refractivity contribution is 0.375. The Hall–Kier alpha value is -2.46. The Bertz CT molecular complexity index is 803. The maximum Gasteiger partial charge on any atom is 0.123 e. The van der Waals surface area contributed by atoms with Crippen LogP contribution in [0.5, 0.6) is 0 Å². The van der Waals surface area contributed by atoms with Crippen molar-refractivity contribution in [3.05, 3.63) is 66.9 Å². The van der Waals surface area contributed by atoms with Gasteiger partial charge < -0.3 is 9.88 Å². The van der Waals surface area contributed by atoms with Crippen molar-refractivity contribution in [1.82, 2.24) is 14.9 Å². The molecule has 1 atom stereocenters. The minimum absolute atomic E-state index is 0.208. The first-order valence-electron chi connectivity index (χ1n) is 8.41. The standard InChI is InChI=1S/C20H20FN3/c21-17-5-3-15(4-6-17)19-9-13-24(18-2-1-10-23-14-18)20(19)16-7-11-22-12-8-16/h3-9,11-13,18,23H,1-2,10,14H2. The molecule has 0 saturated carbocycles. The summed E-state index contributed by atoms with van der Waals surface area (Å²) >= 11 is 0. The number of hydrogen-bond acceptors (Lipinski definition) is 2. The van der Waals surface area contributed by atoms with Crippen LogP contribution in [0.25, 0.3) is 22.4 Å². The highest BCUT2D eigenvalue weighted by atomic mass is 19.1. The summed E-state index contributed by atoms with van der Waals surface area (Å²) in [6.07, 6.45) is 8.15. The van der Waals surface area contributed by atoms with Gasteiger partial charge in [-0.15, -0.1) is 0 Å². The van der Waals surface area contributed by atoms with Crippen LogP contribution in [0.3, 0.4) is 0 Å². The summed E-state index contributed by atoms with van der Waals surface area (Å²) in [4.78, 5) is 4.14. The summed E-state index contributed by atoms with van der Waals surface area (Å²) in [5, 5.41) is 3.49. The zero-order valence-electron chi connectivity index (χ0n) is 13.5. The van der Waals surface area contributed by atoms with Gasteiger partial charge in [-0.1, -0.05) is 12.1 Å². The van der Waals surface area contributed by atoms with Crippen LogP contribution in [-0.2, 0) is 0 Å². The van der Waals surface area contributed by atoms with Gasteiger partial charge >= 0.3 is 0 Å². The largest absolute Gasteiger partial charge is 0.343 e. The van der Waals surface area contributed by atoms with E-state index in [9.17, 15) is 4.39 Å². The summed E-state index contributed by atoms with van der Waals surface area (Å²) in [6.45, 7) is 2.07. The topological polar surface area (TPSA) is 29.9 Å². The molecule has 1 aromatic carbocycles. The van der Waals surface area contributed by atoms with Gasteiger partial charge in [-0.05, 0) is 55.3 Å². The number of hydrogen-bond donors (Lipinski definition) is 1. The van der Waals surface area contributed by atoms with Gasteiger partial charge in [0, 0.05) is 42.3 Å². The number of piperidine rings is 1.